The molecule has 0 aromatic carbocycles. The number of carbonyl (C=O) groups excluding carboxylic acids is 3. The molecule has 4 rings (SSSR count). The van der Waals surface area contributed by atoms with Gasteiger partial charge in [0.15, 0.2) is 5.78 Å². The molecule has 0 N–H and O–H groups in total. The van der Waals surface area contributed by atoms with E-state index in [9.17, 15) is 14.4 Å². The van der Waals surface area contributed by atoms with Gasteiger partial charge in [-0.25, -0.2) is 0 Å². The number of nitrogens with zero attached hydrogens (tertiary/aromatic N) is 2. The van der Waals surface area contributed by atoms with Crippen molar-refractivity contribution < 1.29 is 23.9 Å². The van der Waals surface area contributed by atoms with E-state index in [1.807, 2.05) is 4.90 Å². The van der Waals surface area contributed by atoms with Gasteiger partial charge in [-0.2, -0.15) is 0 Å². The molecule has 4 aliphatic rings. The van der Waals surface area contributed by atoms with Crippen LogP contribution in [0, 0.1) is 11.8 Å². The molecule has 29 heavy (non-hydrogen) atoms. The van der Waals surface area contributed by atoms with Crippen molar-refractivity contribution in [2.75, 3.05) is 39.5 Å². The third-order valence-electron chi connectivity index (χ3n) is 7.10. The number of fused-ring (bicyclic) bond motifs is 1. The highest BCUT2D eigenvalue weighted by Crippen LogP contribution is 2.34. The summed E-state index contributed by atoms with van der Waals surface area (Å²) in [6, 6.07) is -0.441. The van der Waals surface area contributed by atoms with Crippen molar-refractivity contribution in [3.05, 3.63) is 0 Å². The van der Waals surface area contributed by atoms with Gasteiger partial charge in [-0.3, -0.25) is 14.4 Å². The third-order valence-corrected chi connectivity index (χ3v) is 7.10. The van der Waals surface area contributed by atoms with Crippen molar-refractivity contribution in [3.63, 3.8) is 0 Å². The highest BCUT2D eigenvalue weighted by atomic mass is 16.5. The van der Waals surface area contributed by atoms with Gasteiger partial charge in [0.25, 0.3) is 0 Å². The molecule has 162 valence electrons. The monoisotopic (exact) mass is 406 g/mol. The first kappa shape index (κ1) is 20.8. The molecule has 4 fully saturated rings. The maximum Gasteiger partial charge on any atom is 0.226 e. The summed E-state index contributed by atoms with van der Waals surface area (Å²) in [7, 11) is 0. The zero-order valence-corrected chi connectivity index (χ0v) is 17.4. The highest BCUT2D eigenvalue weighted by molar-refractivity contribution is 5.93. The first-order valence-electron chi connectivity index (χ1n) is 11.4. The normalized spacial score (nSPS) is 29.6. The topological polar surface area (TPSA) is 76.2 Å². The van der Waals surface area contributed by atoms with Crippen molar-refractivity contribution in [1.82, 2.24) is 9.80 Å². The molecule has 1 aliphatic carbocycles. The zero-order chi connectivity index (χ0) is 20.2. The Morgan fingerprint density at radius 1 is 1.00 bits per heavy atom. The fraction of sp³-hybridized carbons (Fsp3) is 0.864. The quantitative estimate of drug-likeness (QED) is 0.696. The lowest BCUT2D eigenvalue weighted by Gasteiger charge is -2.38. The number of ketones is 1. The van der Waals surface area contributed by atoms with Gasteiger partial charge in [-0.05, 0) is 25.2 Å². The summed E-state index contributed by atoms with van der Waals surface area (Å²) in [5.41, 5.74) is 0. The number of carbonyl (C=O) groups is 3. The summed E-state index contributed by atoms with van der Waals surface area (Å²) in [6.45, 7) is 3.04. The van der Waals surface area contributed by atoms with Crippen molar-refractivity contribution in [2.24, 2.45) is 11.8 Å². The fourth-order valence-electron chi connectivity index (χ4n) is 5.52. The van der Waals surface area contributed by atoms with Crippen LogP contribution in [0.15, 0.2) is 0 Å². The Kier molecular flexibility index (Phi) is 6.85. The number of likely N-dealkylation sites (tertiary alicyclic amines) is 1. The second-order valence-corrected chi connectivity index (χ2v) is 9.07. The summed E-state index contributed by atoms with van der Waals surface area (Å²) in [5, 5.41) is 0. The van der Waals surface area contributed by atoms with Gasteiger partial charge in [0, 0.05) is 32.0 Å². The van der Waals surface area contributed by atoms with Crippen LogP contribution in [0.5, 0.6) is 0 Å². The van der Waals surface area contributed by atoms with Crippen LogP contribution in [-0.2, 0) is 23.9 Å². The Bertz CT molecular complexity index is 612. The van der Waals surface area contributed by atoms with E-state index in [0.29, 0.717) is 38.8 Å². The summed E-state index contributed by atoms with van der Waals surface area (Å²) < 4.78 is 11.0. The van der Waals surface area contributed by atoms with Crippen LogP contribution in [0.3, 0.4) is 0 Å². The predicted octanol–water partition coefficient (Wildman–Crippen LogP) is 1.78. The van der Waals surface area contributed by atoms with Crippen LogP contribution in [0.1, 0.15) is 57.8 Å². The Labute approximate surface area is 173 Å². The SMILES string of the molecule is O=C1CO[C@H]2CCCN(C(=O)[C@@H](CC(=O)N3CCOCC3)CC3CCCCC3)[C@@H]12. The molecule has 0 bridgehead atoms. The minimum Gasteiger partial charge on any atom is -0.378 e. The van der Waals surface area contributed by atoms with Crippen molar-refractivity contribution in [2.45, 2.75) is 69.9 Å². The van der Waals surface area contributed by atoms with Gasteiger partial charge in [0.05, 0.1) is 19.3 Å². The fourth-order valence-corrected chi connectivity index (χ4v) is 5.52. The number of hydrogen-bond donors (Lipinski definition) is 0. The summed E-state index contributed by atoms with van der Waals surface area (Å²) in [6.07, 6.45) is 8.51. The van der Waals surface area contributed by atoms with Crippen LogP contribution < -0.4 is 0 Å². The lowest BCUT2D eigenvalue weighted by molar-refractivity contribution is -0.149. The van der Waals surface area contributed by atoms with Crippen LogP contribution in [0.25, 0.3) is 0 Å². The molecule has 0 aromatic rings. The van der Waals surface area contributed by atoms with Gasteiger partial charge in [-0.15, -0.1) is 0 Å². The van der Waals surface area contributed by atoms with E-state index >= 15 is 0 Å². The Hall–Kier alpha value is -1.47. The van der Waals surface area contributed by atoms with Gasteiger partial charge in [0.1, 0.15) is 12.6 Å². The van der Waals surface area contributed by atoms with E-state index in [4.69, 9.17) is 9.47 Å². The van der Waals surface area contributed by atoms with E-state index in [0.717, 1.165) is 32.1 Å². The first-order chi connectivity index (χ1) is 14.1. The molecule has 3 saturated heterocycles. The molecule has 7 heteroatoms. The van der Waals surface area contributed by atoms with E-state index < -0.39 is 6.04 Å². The number of piperidine rings is 1. The predicted molar refractivity (Wildman–Crippen MR) is 106 cm³/mol. The second kappa shape index (κ2) is 9.56. The second-order valence-electron chi connectivity index (χ2n) is 9.07. The molecule has 3 atom stereocenters. The Morgan fingerprint density at radius 2 is 1.76 bits per heavy atom. The van der Waals surface area contributed by atoms with Crippen molar-refractivity contribution in [1.29, 1.82) is 0 Å². The lowest BCUT2D eigenvalue weighted by atomic mass is 9.80. The molecular formula is C22H34N2O5. The third kappa shape index (κ3) is 4.82. The van der Waals surface area contributed by atoms with E-state index in [-0.39, 0.29) is 42.6 Å². The zero-order valence-electron chi connectivity index (χ0n) is 17.4. The number of hydrogen-bond acceptors (Lipinski definition) is 5. The molecule has 2 amide bonds. The highest BCUT2D eigenvalue weighted by Gasteiger charge is 2.46. The smallest absolute Gasteiger partial charge is 0.226 e. The van der Waals surface area contributed by atoms with Crippen LogP contribution in [0.4, 0.5) is 0 Å². The first-order valence-corrected chi connectivity index (χ1v) is 11.4. The summed E-state index contributed by atoms with van der Waals surface area (Å²) in [5.74, 6) is 0.224. The average Bonchev–Trinajstić information content (AvgIpc) is 3.15. The number of rotatable bonds is 5. The van der Waals surface area contributed by atoms with Gasteiger partial charge < -0.3 is 19.3 Å². The number of morpholine rings is 1. The van der Waals surface area contributed by atoms with Crippen molar-refractivity contribution >= 4 is 17.6 Å². The Balaban J connectivity index is 1.47. The van der Waals surface area contributed by atoms with Crippen LogP contribution in [0.2, 0.25) is 0 Å². The molecule has 0 spiro atoms. The molecule has 3 aliphatic heterocycles. The van der Waals surface area contributed by atoms with Gasteiger partial charge in [0.2, 0.25) is 11.8 Å². The maximum atomic E-state index is 13.6. The molecule has 0 radical (unpaired) electrons. The molecule has 7 nitrogen and oxygen atoms in total. The van der Waals surface area contributed by atoms with Gasteiger partial charge in [-0.1, -0.05) is 32.1 Å². The largest absolute Gasteiger partial charge is 0.378 e. The Morgan fingerprint density at radius 3 is 2.52 bits per heavy atom. The van der Waals surface area contributed by atoms with Gasteiger partial charge >= 0.3 is 0 Å². The standard InChI is InChI=1S/C22H34N2O5/c25-18-15-29-19-7-4-8-24(21(18)19)22(27)17(13-16-5-2-1-3-6-16)14-20(26)23-9-11-28-12-10-23/h16-17,19,21H,1-15H2/t17-,19+,21+/m1/s1. The maximum absolute atomic E-state index is 13.6. The summed E-state index contributed by atoms with van der Waals surface area (Å²) >= 11 is 0. The molecule has 1 saturated carbocycles. The van der Waals surface area contributed by atoms with E-state index in [1.165, 1.54) is 19.3 Å². The minimum absolute atomic E-state index is 0.00858. The lowest BCUT2D eigenvalue weighted by Crippen LogP contribution is -2.54. The van der Waals surface area contributed by atoms with E-state index in [1.54, 1.807) is 4.90 Å². The van der Waals surface area contributed by atoms with Crippen molar-refractivity contribution in [3.8, 4) is 0 Å². The summed E-state index contributed by atoms with van der Waals surface area (Å²) in [4.78, 5) is 42.5. The van der Waals surface area contributed by atoms with Crippen LogP contribution in [-0.4, -0.2) is 79.0 Å². The number of ether oxygens (including phenoxy) is 2. The number of Topliss-reactive ketones (excluding diaryl/α,β-unsaturated/α-hetero) is 1. The van der Waals surface area contributed by atoms with E-state index in [2.05, 4.69) is 0 Å². The molecule has 0 unspecified atom stereocenters. The minimum atomic E-state index is -0.441. The molecular weight excluding hydrogens is 372 g/mol. The molecule has 0 aromatic heterocycles. The molecule has 3 heterocycles. The van der Waals surface area contributed by atoms with Crippen LogP contribution >= 0.6 is 0 Å². The number of amides is 2. The average molecular weight is 407 g/mol.